The molecule has 0 aromatic heterocycles. The number of rotatable bonds is 3. The molecule has 1 aromatic carbocycles. The monoisotopic (exact) mass is 235 g/mol. The molecule has 1 rings (SSSR count). The Morgan fingerprint density at radius 3 is 2.75 bits per heavy atom. The second kappa shape index (κ2) is 6.02. The highest BCUT2D eigenvalue weighted by Crippen LogP contribution is 2.26. The van der Waals surface area contributed by atoms with E-state index in [1.807, 2.05) is 0 Å². The van der Waals surface area contributed by atoms with Crippen molar-refractivity contribution in [1.29, 1.82) is 0 Å². The summed E-state index contributed by atoms with van der Waals surface area (Å²) in [6.45, 7) is 1.69. The minimum atomic E-state index is -0.739. The fraction of sp³-hybridized carbons (Fsp3) is 0.250. The minimum absolute atomic E-state index is 0.449. The quantitative estimate of drug-likeness (QED) is 0.596. The molecule has 0 fully saturated rings. The SMILES string of the molecule is C#CC(C)OC(C#[N+][O-])c1ccccc1Cl. The molecule has 0 N–H and O–H groups in total. The van der Waals surface area contributed by atoms with Crippen molar-refractivity contribution >= 4 is 11.6 Å². The van der Waals surface area contributed by atoms with E-state index in [0.717, 1.165) is 0 Å². The molecular weight excluding hydrogens is 226 g/mol. The van der Waals surface area contributed by atoms with Gasteiger partial charge in [0.05, 0.1) is 0 Å². The Balaban J connectivity index is 2.98. The third-order valence-corrected chi connectivity index (χ3v) is 2.28. The van der Waals surface area contributed by atoms with Gasteiger partial charge in [0.1, 0.15) is 6.10 Å². The first-order chi connectivity index (χ1) is 7.69. The van der Waals surface area contributed by atoms with Crippen LogP contribution in [0.15, 0.2) is 24.3 Å². The summed E-state index contributed by atoms with van der Waals surface area (Å²) >= 11 is 5.97. The molecule has 0 bridgehead atoms. The van der Waals surface area contributed by atoms with Crippen LogP contribution in [0.1, 0.15) is 18.6 Å². The summed E-state index contributed by atoms with van der Waals surface area (Å²) < 4.78 is 5.38. The lowest BCUT2D eigenvalue weighted by Gasteiger charge is -2.12. The van der Waals surface area contributed by atoms with Crippen molar-refractivity contribution < 1.29 is 4.74 Å². The Morgan fingerprint density at radius 1 is 1.50 bits per heavy atom. The molecule has 2 atom stereocenters. The van der Waals surface area contributed by atoms with E-state index in [4.69, 9.17) is 22.8 Å². The van der Waals surface area contributed by atoms with Crippen molar-refractivity contribution in [2.75, 3.05) is 0 Å². The second-order valence-corrected chi connectivity index (χ2v) is 3.47. The normalized spacial score (nSPS) is 13.1. The first kappa shape index (κ1) is 12.4. The van der Waals surface area contributed by atoms with Gasteiger partial charge in [-0.2, -0.15) is 0 Å². The number of nitrogens with zero attached hydrogens (tertiary/aromatic N) is 1. The third kappa shape index (κ3) is 3.17. The zero-order chi connectivity index (χ0) is 12.0. The number of hydrogen-bond donors (Lipinski definition) is 0. The van der Waals surface area contributed by atoms with Crippen molar-refractivity contribution in [1.82, 2.24) is 0 Å². The average Bonchev–Trinajstić information content (AvgIpc) is 2.29. The zero-order valence-corrected chi connectivity index (χ0v) is 9.44. The predicted molar refractivity (Wildman–Crippen MR) is 64.2 cm³/mol. The topological polar surface area (TPSA) is 36.6 Å². The first-order valence-electron chi connectivity index (χ1n) is 4.63. The predicted octanol–water partition coefficient (Wildman–Crippen LogP) is 3.25. The van der Waals surface area contributed by atoms with Gasteiger partial charge < -0.3 is 9.94 Å². The van der Waals surface area contributed by atoms with Crippen LogP contribution in [-0.4, -0.2) is 6.10 Å². The summed E-state index contributed by atoms with van der Waals surface area (Å²) in [6, 6.07) is 9.26. The van der Waals surface area contributed by atoms with Crippen molar-refractivity contribution in [2.45, 2.75) is 19.1 Å². The Kier molecular flexibility index (Phi) is 4.66. The molecule has 0 aliphatic heterocycles. The van der Waals surface area contributed by atoms with Crippen LogP contribution >= 0.6 is 11.6 Å². The summed E-state index contributed by atoms with van der Waals surface area (Å²) in [5, 5.41) is 13.3. The molecule has 1 aromatic rings. The van der Waals surface area contributed by atoms with Crippen LogP contribution in [0, 0.1) is 23.6 Å². The lowest BCUT2D eigenvalue weighted by atomic mass is 10.1. The molecule has 0 amide bonds. The van der Waals surface area contributed by atoms with E-state index < -0.39 is 12.2 Å². The van der Waals surface area contributed by atoms with Crippen molar-refractivity contribution in [3.63, 3.8) is 0 Å². The maximum absolute atomic E-state index is 10.2. The van der Waals surface area contributed by atoms with E-state index in [1.165, 1.54) is 0 Å². The number of hydrogen-bond acceptors (Lipinski definition) is 2. The Hall–Kier alpha value is -1.68. The fourth-order valence-electron chi connectivity index (χ4n) is 1.15. The Morgan fingerprint density at radius 2 is 2.19 bits per heavy atom. The molecular formula is C12H10ClNO2. The summed E-state index contributed by atoms with van der Waals surface area (Å²) in [5.41, 5.74) is 0.617. The summed E-state index contributed by atoms with van der Waals surface area (Å²) in [4.78, 5) is 0. The molecule has 4 heteroatoms. The molecule has 0 heterocycles. The van der Waals surface area contributed by atoms with Crippen LogP contribution in [0.25, 0.3) is 5.01 Å². The molecule has 0 radical (unpaired) electrons. The average molecular weight is 236 g/mol. The van der Waals surface area contributed by atoms with Gasteiger partial charge in [0.15, 0.2) is 0 Å². The first-order valence-corrected chi connectivity index (χ1v) is 5.00. The lowest BCUT2D eigenvalue weighted by Crippen LogP contribution is -2.10. The van der Waals surface area contributed by atoms with Gasteiger partial charge in [-0.3, -0.25) is 0 Å². The number of terminal acetylenes is 1. The highest BCUT2D eigenvalue weighted by molar-refractivity contribution is 6.31. The van der Waals surface area contributed by atoms with Crippen molar-refractivity contribution in [3.05, 3.63) is 45.1 Å². The number of benzene rings is 1. The van der Waals surface area contributed by atoms with Crippen LogP contribution in [0.3, 0.4) is 0 Å². The largest absolute Gasteiger partial charge is 0.498 e. The fourth-order valence-corrected chi connectivity index (χ4v) is 1.39. The maximum Gasteiger partial charge on any atom is 0.335 e. The standard InChI is InChI=1S/C12H10ClNO2/c1-3-9(2)16-12(8-14-15)10-6-4-5-7-11(10)13/h1,4-7,9,12H,2H3. The highest BCUT2D eigenvalue weighted by atomic mass is 35.5. The molecule has 0 saturated carbocycles. The molecule has 3 nitrogen and oxygen atoms in total. The van der Waals surface area contributed by atoms with Gasteiger partial charge >= 0.3 is 6.07 Å². The summed E-state index contributed by atoms with van der Waals surface area (Å²) in [7, 11) is 0. The second-order valence-electron chi connectivity index (χ2n) is 3.07. The third-order valence-electron chi connectivity index (χ3n) is 1.93. The number of ether oxygens (including phenoxy) is 1. The van der Waals surface area contributed by atoms with Crippen LogP contribution in [0.5, 0.6) is 0 Å². The van der Waals surface area contributed by atoms with E-state index >= 15 is 0 Å². The van der Waals surface area contributed by atoms with Gasteiger partial charge in [-0.1, -0.05) is 35.7 Å². The molecule has 0 aliphatic carbocycles. The molecule has 0 saturated heterocycles. The van der Waals surface area contributed by atoms with Crippen molar-refractivity contribution in [3.8, 4) is 18.4 Å². The van der Waals surface area contributed by atoms with Gasteiger partial charge in [0.25, 0.3) is 0 Å². The van der Waals surface area contributed by atoms with Gasteiger partial charge in [-0.25, -0.2) is 0 Å². The van der Waals surface area contributed by atoms with Gasteiger partial charge in [-0.05, 0) is 13.0 Å². The zero-order valence-electron chi connectivity index (χ0n) is 8.68. The molecule has 82 valence electrons. The Labute approximate surface area is 99.4 Å². The molecule has 2 unspecified atom stereocenters. The van der Waals surface area contributed by atoms with Gasteiger partial charge in [0.2, 0.25) is 6.10 Å². The smallest absolute Gasteiger partial charge is 0.335 e. The molecule has 16 heavy (non-hydrogen) atoms. The van der Waals surface area contributed by atoms with Crippen LogP contribution in [-0.2, 0) is 4.74 Å². The Bertz CT molecular complexity index is 456. The van der Waals surface area contributed by atoms with Crippen LogP contribution in [0.4, 0.5) is 0 Å². The molecule has 0 spiro atoms. The van der Waals surface area contributed by atoms with E-state index in [0.29, 0.717) is 10.6 Å². The maximum atomic E-state index is 10.2. The van der Waals surface area contributed by atoms with Crippen LogP contribution < -0.4 is 0 Å². The minimum Gasteiger partial charge on any atom is -0.498 e. The van der Waals surface area contributed by atoms with E-state index in [2.05, 4.69) is 17.0 Å². The lowest BCUT2D eigenvalue weighted by molar-refractivity contribution is 0.0628. The van der Waals surface area contributed by atoms with Gasteiger partial charge in [0, 0.05) is 15.6 Å². The number of halogens is 1. The van der Waals surface area contributed by atoms with E-state index in [-0.39, 0.29) is 0 Å². The van der Waals surface area contributed by atoms with E-state index in [1.54, 1.807) is 31.2 Å². The van der Waals surface area contributed by atoms with Crippen molar-refractivity contribution in [2.24, 2.45) is 0 Å². The highest BCUT2D eigenvalue weighted by Gasteiger charge is 2.20. The summed E-state index contributed by atoms with van der Waals surface area (Å²) in [6.07, 6.45) is 4.00. The summed E-state index contributed by atoms with van der Waals surface area (Å²) in [5.74, 6) is 2.39. The van der Waals surface area contributed by atoms with Gasteiger partial charge in [-0.15, -0.1) is 6.42 Å². The molecule has 0 aliphatic rings. The van der Waals surface area contributed by atoms with Crippen LogP contribution in [0.2, 0.25) is 5.02 Å². The van der Waals surface area contributed by atoms with E-state index in [9.17, 15) is 5.21 Å².